The van der Waals surface area contributed by atoms with Crippen molar-refractivity contribution in [2.24, 2.45) is 11.3 Å². The maximum Gasteiger partial charge on any atom is 0.326 e. The molecule has 0 radical (unpaired) electrons. The number of para-hydroxylation sites is 1. The van der Waals surface area contributed by atoms with Crippen LogP contribution >= 0.6 is 0 Å². The van der Waals surface area contributed by atoms with E-state index in [1.54, 1.807) is 39.8 Å². The normalized spacial score (nSPS) is 18.1. The summed E-state index contributed by atoms with van der Waals surface area (Å²) in [6, 6.07) is 15.8. The lowest BCUT2D eigenvalue weighted by atomic mass is 9.75. The third-order valence-corrected chi connectivity index (χ3v) is 8.52. The maximum atomic E-state index is 14.2. The highest BCUT2D eigenvalue weighted by atomic mass is 16.6. The standard InChI is InChI=1S/C36H46N2O8/c1-5-44-31(40)23-38-29-16-10-9-15-26(29)17-18-28(32(38)41)37-34(43)36(19-11-12-20-36)22-27(33(42)46-35(2,3)4)21-30(39)45-24-25-13-7-6-8-14-25/h6-10,13-16,27-28H,5,11-12,17-24H2,1-4H3,(H,37,43)/t27?,28-/m0/s1. The van der Waals surface area contributed by atoms with Gasteiger partial charge in [0.1, 0.15) is 24.8 Å². The van der Waals surface area contributed by atoms with E-state index in [0.717, 1.165) is 24.0 Å². The Balaban J connectivity index is 1.53. The average Bonchev–Trinajstić information content (AvgIpc) is 3.45. The van der Waals surface area contributed by atoms with Crippen LogP contribution < -0.4 is 10.2 Å². The van der Waals surface area contributed by atoms with Crippen molar-refractivity contribution in [1.82, 2.24) is 5.32 Å². The van der Waals surface area contributed by atoms with E-state index in [-0.39, 0.29) is 38.5 Å². The van der Waals surface area contributed by atoms with Crippen LogP contribution in [0.2, 0.25) is 0 Å². The van der Waals surface area contributed by atoms with Crippen LogP contribution in [0.1, 0.15) is 83.8 Å². The van der Waals surface area contributed by atoms with Crippen molar-refractivity contribution in [3.8, 4) is 0 Å². The lowest BCUT2D eigenvalue weighted by molar-refractivity contribution is -0.166. The second-order valence-electron chi connectivity index (χ2n) is 13.2. The summed E-state index contributed by atoms with van der Waals surface area (Å²) in [7, 11) is 0. The maximum absolute atomic E-state index is 14.2. The zero-order chi connectivity index (χ0) is 33.3. The Labute approximate surface area is 271 Å². The number of hydrogen-bond donors (Lipinski definition) is 1. The molecule has 2 aromatic rings. The van der Waals surface area contributed by atoms with E-state index in [9.17, 15) is 24.0 Å². The van der Waals surface area contributed by atoms with Crippen molar-refractivity contribution >= 4 is 35.4 Å². The topological polar surface area (TPSA) is 128 Å². The summed E-state index contributed by atoms with van der Waals surface area (Å²) in [5, 5.41) is 3.00. The van der Waals surface area contributed by atoms with Crippen molar-refractivity contribution in [2.45, 2.75) is 97.3 Å². The third-order valence-electron chi connectivity index (χ3n) is 8.52. The van der Waals surface area contributed by atoms with Gasteiger partial charge in [0.2, 0.25) is 11.8 Å². The predicted molar refractivity (Wildman–Crippen MR) is 171 cm³/mol. The predicted octanol–water partition coefficient (Wildman–Crippen LogP) is 5.06. The first-order valence-electron chi connectivity index (χ1n) is 16.2. The zero-order valence-electron chi connectivity index (χ0n) is 27.3. The van der Waals surface area contributed by atoms with Crippen LogP contribution in [0.4, 0.5) is 5.69 Å². The largest absolute Gasteiger partial charge is 0.465 e. The number of carbonyl (C=O) groups excluding carboxylic acids is 5. The number of hydrogen-bond acceptors (Lipinski definition) is 8. The quantitative estimate of drug-likeness (QED) is 0.254. The summed E-state index contributed by atoms with van der Waals surface area (Å²) in [4.78, 5) is 68.4. The highest BCUT2D eigenvalue weighted by Crippen LogP contribution is 2.45. The van der Waals surface area contributed by atoms with Crippen LogP contribution in [0, 0.1) is 11.3 Å². The van der Waals surface area contributed by atoms with E-state index in [2.05, 4.69) is 5.32 Å². The SMILES string of the molecule is CCOC(=O)CN1C(=O)[C@@H](NC(=O)C2(CC(CC(=O)OCc3ccccc3)C(=O)OC(C)(C)C)CCCC2)CCc2ccccc21. The number of aryl methyl sites for hydroxylation is 1. The first kappa shape index (κ1) is 34.7. The molecule has 2 aromatic carbocycles. The van der Waals surface area contributed by atoms with E-state index < -0.39 is 46.8 Å². The Morgan fingerprint density at radius 3 is 2.30 bits per heavy atom. The van der Waals surface area contributed by atoms with Gasteiger partial charge in [-0.2, -0.15) is 0 Å². The summed E-state index contributed by atoms with van der Waals surface area (Å²) in [6.07, 6.45) is 3.27. The summed E-state index contributed by atoms with van der Waals surface area (Å²) in [6.45, 7) is 6.95. The van der Waals surface area contributed by atoms with Gasteiger partial charge in [0, 0.05) is 5.69 Å². The van der Waals surface area contributed by atoms with E-state index in [1.165, 1.54) is 4.90 Å². The Kier molecular flexibility index (Phi) is 11.6. The highest BCUT2D eigenvalue weighted by Gasteiger charge is 2.47. The minimum absolute atomic E-state index is 0.0703. The van der Waals surface area contributed by atoms with Crippen molar-refractivity contribution in [1.29, 1.82) is 0 Å². The van der Waals surface area contributed by atoms with Gasteiger partial charge in [-0.3, -0.25) is 28.9 Å². The fraction of sp³-hybridized carbons (Fsp3) is 0.528. The molecule has 0 saturated heterocycles. The highest BCUT2D eigenvalue weighted by molar-refractivity contribution is 6.03. The minimum Gasteiger partial charge on any atom is -0.465 e. The number of fused-ring (bicyclic) bond motifs is 1. The van der Waals surface area contributed by atoms with E-state index >= 15 is 0 Å². The number of carbonyl (C=O) groups is 5. The van der Waals surface area contributed by atoms with Crippen LogP contribution in [0.5, 0.6) is 0 Å². The van der Waals surface area contributed by atoms with Crippen molar-refractivity contribution in [2.75, 3.05) is 18.1 Å². The third kappa shape index (κ3) is 9.17. The molecule has 10 nitrogen and oxygen atoms in total. The van der Waals surface area contributed by atoms with Crippen LogP contribution in [-0.4, -0.2) is 54.5 Å². The number of benzene rings is 2. The molecule has 248 valence electrons. The summed E-state index contributed by atoms with van der Waals surface area (Å²) in [5.74, 6) is -3.31. The van der Waals surface area contributed by atoms with Crippen molar-refractivity contribution in [3.05, 3.63) is 65.7 Å². The molecule has 1 heterocycles. The molecule has 1 aliphatic carbocycles. The molecule has 2 aliphatic rings. The van der Waals surface area contributed by atoms with Crippen molar-refractivity contribution in [3.63, 3.8) is 0 Å². The van der Waals surface area contributed by atoms with Gasteiger partial charge < -0.3 is 19.5 Å². The molecule has 0 spiro atoms. The lowest BCUT2D eigenvalue weighted by Gasteiger charge is -2.34. The van der Waals surface area contributed by atoms with Gasteiger partial charge in [-0.05, 0) is 77.0 Å². The smallest absolute Gasteiger partial charge is 0.326 e. The molecule has 0 bridgehead atoms. The molecule has 1 unspecified atom stereocenters. The summed E-state index contributed by atoms with van der Waals surface area (Å²) in [5.41, 5.74) is 0.562. The van der Waals surface area contributed by atoms with Crippen LogP contribution in [0.3, 0.4) is 0 Å². The fourth-order valence-electron chi connectivity index (χ4n) is 6.33. The fourth-order valence-corrected chi connectivity index (χ4v) is 6.33. The van der Waals surface area contributed by atoms with Gasteiger partial charge in [-0.15, -0.1) is 0 Å². The molecule has 2 amide bonds. The van der Waals surface area contributed by atoms with Crippen LogP contribution in [0.25, 0.3) is 0 Å². The lowest BCUT2D eigenvalue weighted by Crippen LogP contribution is -2.53. The Morgan fingerprint density at radius 1 is 0.957 bits per heavy atom. The van der Waals surface area contributed by atoms with Gasteiger partial charge >= 0.3 is 17.9 Å². The van der Waals surface area contributed by atoms with Gasteiger partial charge in [0.25, 0.3) is 0 Å². The second kappa shape index (κ2) is 15.4. The average molecular weight is 635 g/mol. The Morgan fingerprint density at radius 2 is 1.63 bits per heavy atom. The number of nitrogens with one attached hydrogen (secondary N) is 1. The van der Waals surface area contributed by atoms with E-state index in [0.29, 0.717) is 31.4 Å². The molecule has 0 aromatic heterocycles. The Hall–Kier alpha value is -4.21. The number of amides is 2. The number of anilines is 1. The minimum atomic E-state index is -0.979. The number of nitrogens with zero attached hydrogens (tertiary/aromatic N) is 1. The van der Waals surface area contributed by atoms with Gasteiger partial charge in [0.15, 0.2) is 0 Å². The first-order chi connectivity index (χ1) is 21.9. The first-order valence-corrected chi connectivity index (χ1v) is 16.2. The second-order valence-corrected chi connectivity index (χ2v) is 13.2. The molecule has 1 aliphatic heterocycles. The molecular formula is C36H46N2O8. The van der Waals surface area contributed by atoms with E-state index in [1.807, 2.05) is 42.5 Å². The van der Waals surface area contributed by atoms with Gasteiger partial charge in [-0.1, -0.05) is 61.4 Å². The Bertz CT molecular complexity index is 1390. The molecule has 2 atom stereocenters. The van der Waals surface area contributed by atoms with Crippen molar-refractivity contribution < 1.29 is 38.2 Å². The monoisotopic (exact) mass is 634 g/mol. The molecule has 1 fully saturated rings. The number of esters is 3. The van der Waals surface area contributed by atoms with E-state index in [4.69, 9.17) is 14.2 Å². The molecule has 10 heteroatoms. The summed E-state index contributed by atoms with van der Waals surface area (Å²) >= 11 is 0. The molecule has 1 N–H and O–H groups in total. The summed E-state index contributed by atoms with van der Waals surface area (Å²) < 4.78 is 16.3. The zero-order valence-corrected chi connectivity index (χ0v) is 27.3. The molecule has 4 rings (SSSR count). The van der Waals surface area contributed by atoms with Gasteiger partial charge in [0.05, 0.1) is 24.4 Å². The van der Waals surface area contributed by atoms with Crippen LogP contribution in [-0.2, 0) is 51.2 Å². The molecular weight excluding hydrogens is 588 g/mol. The molecule has 1 saturated carbocycles. The van der Waals surface area contributed by atoms with Crippen LogP contribution in [0.15, 0.2) is 54.6 Å². The molecule has 46 heavy (non-hydrogen) atoms. The van der Waals surface area contributed by atoms with Gasteiger partial charge in [-0.25, -0.2) is 0 Å². The number of ether oxygens (including phenoxy) is 3. The number of rotatable bonds is 12.